The fraction of sp³-hybridized carbons (Fsp3) is 0.917. The van der Waals surface area contributed by atoms with E-state index >= 15 is 0 Å². The number of rotatable bonds is 6. The van der Waals surface area contributed by atoms with Crippen molar-refractivity contribution in [2.24, 2.45) is 0 Å². The lowest BCUT2D eigenvalue weighted by molar-refractivity contribution is -0.149. The quantitative estimate of drug-likeness (QED) is 0.644. The van der Waals surface area contributed by atoms with Crippen molar-refractivity contribution in [3.05, 3.63) is 0 Å². The maximum Gasteiger partial charge on any atom is 0.323 e. The Hall–Kier alpha value is -0.650. The van der Waals surface area contributed by atoms with E-state index in [0.29, 0.717) is 19.7 Å². The molecule has 0 spiro atoms. The SMILES string of the molecule is CCOC(=O)C(CC)N1CC(OC)C(OC)C1. The summed E-state index contributed by atoms with van der Waals surface area (Å²) in [6, 6.07) is -0.187. The Balaban J connectivity index is 2.62. The van der Waals surface area contributed by atoms with E-state index in [1.165, 1.54) is 0 Å². The lowest BCUT2D eigenvalue weighted by Crippen LogP contribution is -2.41. The summed E-state index contributed by atoms with van der Waals surface area (Å²) in [5, 5.41) is 0. The van der Waals surface area contributed by atoms with Crippen LogP contribution in [0.2, 0.25) is 0 Å². The molecule has 0 amide bonds. The highest BCUT2D eigenvalue weighted by atomic mass is 16.5. The topological polar surface area (TPSA) is 48.0 Å². The van der Waals surface area contributed by atoms with Crippen molar-refractivity contribution in [1.82, 2.24) is 4.90 Å². The molecule has 1 heterocycles. The second-order valence-electron chi connectivity index (χ2n) is 4.18. The minimum Gasteiger partial charge on any atom is -0.465 e. The summed E-state index contributed by atoms with van der Waals surface area (Å²) in [7, 11) is 3.34. The third-order valence-corrected chi connectivity index (χ3v) is 3.24. The van der Waals surface area contributed by atoms with E-state index in [0.717, 1.165) is 6.42 Å². The molecule has 5 heteroatoms. The minimum atomic E-state index is -0.187. The Kier molecular flexibility index (Phi) is 5.88. The lowest BCUT2D eigenvalue weighted by Gasteiger charge is -2.24. The zero-order chi connectivity index (χ0) is 12.8. The summed E-state index contributed by atoms with van der Waals surface area (Å²) in [5.74, 6) is -0.151. The third kappa shape index (κ3) is 3.40. The first-order chi connectivity index (χ1) is 8.17. The number of nitrogens with zero attached hydrogens (tertiary/aromatic N) is 1. The van der Waals surface area contributed by atoms with Crippen molar-refractivity contribution in [2.45, 2.75) is 38.5 Å². The van der Waals surface area contributed by atoms with Gasteiger partial charge in [-0.1, -0.05) is 6.92 Å². The number of methoxy groups -OCH3 is 2. The van der Waals surface area contributed by atoms with Crippen LogP contribution in [0.25, 0.3) is 0 Å². The van der Waals surface area contributed by atoms with Crippen molar-refractivity contribution in [1.29, 1.82) is 0 Å². The Morgan fingerprint density at radius 3 is 2.12 bits per heavy atom. The van der Waals surface area contributed by atoms with Crippen molar-refractivity contribution in [3.8, 4) is 0 Å². The second-order valence-corrected chi connectivity index (χ2v) is 4.18. The van der Waals surface area contributed by atoms with Crippen LogP contribution in [0.3, 0.4) is 0 Å². The van der Waals surface area contributed by atoms with Gasteiger partial charge in [0.1, 0.15) is 6.04 Å². The molecule has 3 unspecified atom stereocenters. The zero-order valence-corrected chi connectivity index (χ0v) is 11.1. The van der Waals surface area contributed by atoms with Crippen LogP contribution in [-0.2, 0) is 19.0 Å². The molecule has 0 radical (unpaired) electrons. The van der Waals surface area contributed by atoms with Crippen LogP contribution in [-0.4, -0.2) is 63.0 Å². The van der Waals surface area contributed by atoms with E-state index in [1.54, 1.807) is 14.2 Å². The van der Waals surface area contributed by atoms with Crippen LogP contribution in [0.15, 0.2) is 0 Å². The molecule has 0 bridgehead atoms. The molecule has 1 saturated heterocycles. The molecule has 0 aromatic rings. The zero-order valence-electron chi connectivity index (χ0n) is 11.1. The standard InChI is InChI=1S/C12H23NO4/c1-5-9(12(14)17-6-2)13-7-10(15-3)11(8-13)16-4/h9-11H,5-8H2,1-4H3. The normalized spacial score (nSPS) is 27.1. The van der Waals surface area contributed by atoms with Gasteiger partial charge in [0.05, 0.1) is 18.8 Å². The lowest BCUT2D eigenvalue weighted by atomic mass is 10.2. The van der Waals surface area contributed by atoms with E-state index in [1.807, 2.05) is 13.8 Å². The monoisotopic (exact) mass is 245 g/mol. The van der Waals surface area contributed by atoms with Gasteiger partial charge in [-0.3, -0.25) is 9.69 Å². The first-order valence-electron chi connectivity index (χ1n) is 6.14. The number of carbonyl (C=O) groups excluding carboxylic acids is 1. The number of hydrogen-bond acceptors (Lipinski definition) is 5. The smallest absolute Gasteiger partial charge is 0.323 e. The maximum absolute atomic E-state index is 11.8. The van der Waals surface area contributed by atoms with Gasteiger partial charge < -0.3 is 14.2 Å². The van der Waals surface area contributed by atoms with Crippen molar-refractivity contribution in [2.75, 3.05) is 33.9 Å². The van der Waals surface area contributed by atoms with E-state index in [9.17, 15) is 4.79 Å². The van der Waals surface area contributed by atoms with Crippen LogP contribution in [0.4, 0.5) is 0 Å². The predicted molar refractivity (Wildman–Crippen MR) is 63.9 cm³/mol. The molecule has 1 fully saturated rings. The van der Waals surface area contributed by atoms with Gasteiger partial charge in [0.2, 0.25) is 0 Å². The number of ether oxygens (including phenoxy) is 3. The summed E-state index contributed by atoms with van der Waals surface area (Å²) < 4.78 is 15.8. The van der Waals surface area contributed by atoms with Crippen LogP contribution in [0.1, 0.15) is 20.3 Å². The second kappa shape index (κ2) is 6.93. The summed E-state index contributed by atoms with van der Waals surface area (Å²) >= 11 is 0. The molecule has 0 saturated carbocycles. The number of carbonyl (C=O) groups is 1. The minimum absolute atomic E-state index is 0.0310. The fourth-order valence-corrected chi connectivity index (χ4v) is 2.29. The van der Waals surface area contributed by atoms with E-state index in [4.69, 9.17) is 14.2 Å². The van der Waals surface area contributed by atoms with E-state index in [2.05, 4.69) is 4.90 Å². The summed E-state index contributed by atoms with van der Waals surface area (Å²) in [6.45, 7) is 5.66. The molecular formula is C12H23NO4. The van der Waals surface area contributed by atoms with Gasteiger partial charge in [0, 0.05) is 27.3 Å². The van der Waals surface area contributed by atoms with Gasteiger partial charge in [-0.15, -0.1) is 0 Å². The number of hydrogen-bond donors (Lipinski definition) is 0. The highest BCUT2D eigenvalue weighted by Crippen LogP contribution is 2.20. The van der Waals surface area contributed by atoms with E-state index in [-0.39, 0.29) is 24.2 Å². The molecule has 1 aliphatic rings. The fourth-order valence-electron chi connectivity index (χ4n) is 2.29. The predicted octanol–water partition coefficient (Wildman–Crippen LogP) is 0.674. The van der Waals surface area contributed by atoms with Gasteiger partial charge in [-0.2, -0.15) is 0 Å². The van der Waals surface area contributed by atoms with Gasteiger partial charge in [0.15, 0.2) is 0 Å². The Labute approximate surface area is 103 Å². The Morgan fingerprint density at radius 2 is 1.76 bits per heavy atom. The molecule has 1 aliphatic heterocycles. The average molecular weight is 245 g/mol. The molecule has 100 valence electrons. The molecule has 5 nitrogen and oxygen atoms in total. The molecule has 0 N–H and O–H groups in total. The highest BCUT2D eigenvalue weighted by Gasteiger charge is 2.38. The third-order valence-electron chi connectivity index (χ3n) is 3.24. The van der Waals surface area contributed by atoms with Crippen LogP contribution >= 0.6 is 0 Å². The Bertz CT molecular complexity index is 235. The Morgan fingerprint density at radius 1 is 1.24 bits per heavy atom. The largest absolute Gasteiger partial charge is 0.465 e. The summed E-state index contributed by atoms with van der Waals surface area (Å²) in [5.41, 5.74) is 0. The first kappa shape index (κ1) is 14.4. The molecule has 0 aliphatic carbocycles. The molecule has 3 atom stereocenters. The number of likely N-dealkylation sites (tertiary alicyclic amines) is 1. The van der Waals surface area contributed by atoms with Gasteiger partial charge in [-0.25, -0.2) is 0 Å². The van der Waals surface area contributed by atoms with Gasteiger partial charge >= 0.3 is 5.97 Å². The molecule has 1 rings (SSSR count). The average Bonchev–Trinajstić information content (AvgIpc) is 2.73. The summed E-state index contributed by atoms with van der Waals surface area (Å²) in [6.07, 6.45) is 0.804. The van der Waals surface area contributed by atoms with Gasteiger partial charge in [0.25, 0.3) is 0 Å². The molecule has 0 aromatic carbocycles. The summed E-state index contributed by atoms with van der Waals surface area (Å²) in [4.78, 5) is 13.9. The van der Waals surface area contributed by atoms with Crippen LogP contribution < -0.4 is 0 Å². The number of esters is 1. The van der Waals surface area contributed by atoms with Gasteiger partial charge in [-0.05, 0) is 13.3 Å². The van der Waals surface area contributed by atoms with Crippen molar-refractivity contribution in [3.63, 3.8) is 0 Å². The molecule has 17 heavy (non-hydrogen) atoms. The van der Waals surface area contributed by atoms with Crippen LogP contribution in [0, 0.1) is 0 Å². The maximum atomic E-state index is 11.8. The molecule has 0 aromatic heterocycles. The highest BCUT2D eigenvalue weighted by molar-refractivity contribution is 5.75. The molecular weight excluding hydrogens is 222 g/mol. The van der Waals surface area contributed by atoms with Crippen molar-refractivity contribution < 1.29 is 19.0 Å². The first-order valence-corrected chi connectivity index (χ1v) is 6.14. The van der Waals surface area contributed by atoms with E-state index < -0.39 is 0 Å². The van der Waals surface area contributed by atoms with Crippen LogP contribution in [0.5, 0.6) is 0 Å². The van der Waals surface area contributed by atoms with Crippen molar-refractivity contribution >= 4 is 5.97 Å².